The summed E-state index contributed by atoms with van der Waals surface area (Å²) in [4.78, 5) is 23.6. The number of ketones is 1. The van der Waals surface area contributed by atoms with Crippen LogP contribution in [0, 0.1) is 11.7 Å². The second-order valence-corrected chi connectivity index (χ2v) is 5.32. The van der Waals surface area contributed by atoms with Crippen molar-refractivity contribution in [3.05, 3.63) is 40.3 Å². The molecule has 2 rings (SSSR count). The van der Waals surface area contributed by atoms with E-state index in [1.54, 1.807) is 6.07 Å². The maximum absolute atomic E-state index is 13.4. The van der Waals surface area contributed by atoms with E-state index in [2.05, 4.69) is 26.0 Å². The lowest BCUT2D eigenvalue weighted by Crippen LogP contribution is -2.17. The Kier molecular flexibility index (Phi) is 4.54. The number of carbonyl (C=O) groups is 2. The first-order valence-electron chi connectivity index (χ1n) is 6.07. The van der Waals surface area contributed by atoms with Crippen LogP contribution in [0.25, 0.3) is 0 Å². The number of carbonyl (C=O) groups excluding carboxylic acids is 2. The van der Waals surface area contributed by atoms with Crippen LogP contribution < -0.4 is 5.32 Å². The summed E-state index contributed by atoms with van der Waals surface area (Å²) in [6.45, 7) is 0. The first-order chi connectivity index (χ1) is 9.52. The van der Waals surface area contributed by atoms with E-state index < -0.39 is 11.8 Å². The summed E-state index contributed by atoms with van der Waals surface area (Å²) in [7, 11) is 1.22. The van der Waals surface area contributed by atoms with E-state index in [0.717, 1.165) is 12.8 Å². The number of methoxy groups -OCH3 is 1. The summed E-state index contributed by atoms with van der Waals surface area (Å²) in [6, 6.07) is 4.42. The highest BCUT2D eigenvalue weighted by Gasteiger charge is 2.34. The molecule has 1 aliphatic rings. The Bertz CT molecular complexity index is 582. The van der Waals surface area contributed by atoms with Crippen molar-refractivity contribution in [1.29, 1.82) is 0 Å². The lowest BCUT2D eigenvalue weighted by Gasteiger charge is -2.06. The van der Waals surface area contributed by atoms with Gasteiger partial charge in [-0.1, -0.05) is 0 Å². The normalized spacial score (nSPS) is 14.8. The van der Waals surface area contributed by atoms with Gasteiger partial charge in [-0.25, -0.2) is 9.18 Å². The number of benzene rings is 1. The highest BCUT2D eigenvalue weighted by Crippen LogP contribution is 2.32. The fourth-order valence-corrected chi connectivity index (χ4v) is 1.89. The molecule has 0 atom stereocenters. The Labute approximate surface area is 124 Å². The van der Waals surface area contributed by atoms with Crippen LogP contribution in [0.3, 0.4) is 0 Å². The Morgan fingerprint density at radius 3 is 2.70 bits per heavy atom. The SMILES string of the molecule is COC(=O)/C(=C/Nc1ccc(Br)c(F)c1)C(=O)C1CC1. The third-order valence-corrected chi connectivity index (χ3v) is 3.56. The quantitative estimate of drug-likeness (QED) is 0.387. The predicted octanol–water partition coefficient (Wildman–Crippen LogP) is 3.04. The first kappa shape index (κ1) is 14.7. The number of esters is 1. The molecule has 1 fully saturated rings. The number of nitrogens with one attached hydrogen (secondary N) is 1. The molecule has 0 spiro atoms. The smallest absolute Gasteiger partial charge is 0.343 e. The van der Waals surface area contributed by atoms with Gasteiger partial charge in [0.05, 0.1) is 11.6 Å². The molecule has 0 bridgehead atoms. The van der Waals surface area contributed by atoms with Crippen LogP contribution >= 0.6 is 15.9 Å². The molecular weight excluding hydrogens is 329 g/mol. The van der Waals surface area contributed by atoms with Crippen LogP contribution in [0.5, 0.6) is 0 Å². The maximum Gasteiger partial charge on any atom is 0.343 e. The van der Waals surface area contributed by atoms with Gasteiger partial charge in [-0.05, 0) is 47.0 Å². The molecule has 0 saturated heterocycles. The number of rotatable bonds is 5. The van der Waals surface area contributed by atoms with E-state index in [1.165, 1.54) is 25.4 Å². The predicted molar refractivity (Wildman–Crippen MR) is 75.6 cm³/mol. The van der Waals surface area contributed by atoms with Crippen molar-refractivity contribution in [3.8, 4) is 0 Å². The van der Waals surface area contributed by atoms with Crippen LogP contribution in [0.15, 0.2) is 34.4 Å². The van der Waals surface area contributed by atoms with Crippen LogP contribution in [-0.4, -0.2) is 18.9 Å². The van der Waals surface area contributed by atoms with E-state index in [-0.39, 0.29) is 17.3 Å². The monoisotopic (exact) mass is 341 g/mol. The van der Waals surface area contributed by atoms with Gasteiger partial charge in [0.2, 0.25) is 0 Å². The van der Waals surface area contributed by atoms with Gasteiger partial charge in [0.15, 0.2) is 5.78 Å². The molecule has 0 amide bonds. The molecule has 20 heavy (non-hydrogen) atoms. The molecule has 6 heteroatoms. The molecule has 4 nitrogen and oxygen atoms in total. The van der Waals surface area contributed by atoms with Crippen molar-refractivity contribution in [3.63, 3.8) is 0 Å². The number of hydrogen-bond donors (Lipinski definition) is 1. The molecule has 0 unspecified atom stereocenters. The molecule has 106 valence electrons. The molecule has 1 aromatic rings. The minimum atomic E-state index is -0.688. The number of hydrogen-bond acceptors (Lipinski definition) is 4. The largest absolute Gasteiger partial charge is 0.465 e. The van der Waals surface area contributed by atoms with Gasteiger partial charge >= 0.3 is 5.97 Å². The average molecular weight is 342 g/mol. The molecule has 1 saturated carbocycles. The summed E-state index contributed by atoms with van der Waals surface area (Å²) < 4.78 is 18.3. The molecule has 1 N–H and O–H groups in total. The Balaban J connectivity index is 2.17. The van der Waals surface area contributed by atoms with Crippen molar-refractivity contribution in [2.45, 2.75) is 12.8 Å². The van der Waals surface area contributed by atoms with E-state index in [1.807, 2.05) is 0 Å². The second-order valence-electron chi connectivity index (χ2n) is 4.46. The standard InChI is InChI=1S/C14H13BrFNO3/c1-20-14(19)10(13(18)8-2-3-8)7-17-9-4-5-11(15)12(16)6-9/h4-8,17H,2-3H2,1H3/b10-7+. The summed E-state index contributed by atoms with van der Waals surface area (Å²) in [5, 5.41) is 2.75. The third kappa shape index (κ3) is 3.45. The van der Waals surface area contributed by atoms with E-state index in [0.29, 0.717) is 10.2 Å². The molecular formula is C14H13BrFNO3. The zero-order valence-corrected chi connectivity index (χ0v) is 12.4. The van der Waals surface area contributed by atoms with E-state index >= 15 is 0 Å². The fourth-order valence-electron chi connectivity index (χ4n) is 1.65. The van der Waals surface area contributed by atoms with Gasteiger partial charge in [-0.15, -0.1) is 0 Å². The van der Waals surface area contributed by atoms with Crippen molar-refractivity contribution in [2.75, 3.05) is 12.4 Å². The molecule has 1 aliphatic carbocycles. The molecule has 0 aliphatic heterocycles. The summed E-state index contributed by atoms with van der Waals surface area (Å²) in [6.07, 6.45) is 2.86. The van der Waals surface area contributed by atoms with Crippen molar-refractivity contribution in [1.82, 2.24) is 0 Å². The van der Waals surface area contributed by atoms with Gasteiger partial charge < -0.3 is 10.1 Å². The fraction of sp³-hybridized carbons (Fsp3) is 0.286. The van der Waals surface area contributed by atoms with E-state index in [4.69, 9.17) is 0 Å². The highest BCUT2D eigenvalue weighted by molar-refractivity contribution is 9.10. The van der Waals surface area contributed by atoms with Crippen molar-refractivity contribution >= 4 is 33.4 Å². The molecule has 0 aromatic heterocycles. The van der Waals surface area contributed by atoms with Gasteiger partial charge in [-0.3, -0.25) is 4.79 Å². The first-order valence-corrected chi connectivity index (χ1v) is 6.86. The zero-order chi connectivity index (χ0) is 14.7. The Morgan fingerprint density at radius 2 is 2.15 bits per heavy atom. The third-order valence-electron chi connectivity index (χ3n) is 2.92. The van der Waals surface area contributed by atoms with Crippen molar-refractivity contribution < 1.29 is 18.7 Å². The van der Waals surface area contributed by atoms with E-state index in [9.17, 15) is 14.0 Å². The summed E-state index contributed by atoms with van der Waals surface area (Å²) in [5.41, 5.74) is 0.397. The lowest BCUT2D eigenvalue weighted by molar-refractivity contribution is -0.138. The summed E-state index contributed by atoms with van der Waals surface area (Å²) in [5.74, 6) is -1.45. The lowest BCUT2D eigenvalue weighted by atomic mass is 10.1. The minimum Gasteiger partial charge on any atom is -0.465 e. The van der Waals surface area contributed by atoms with Gasteiger partial charge in [-0.2, -0.15) is 0 Å². The minimum absolute atomic E-state index is 0.0432. The molecule has 0 heterocycles. The second kappa shape index (κ2) is 6.17. The topological polar surface area (TPSA) is 55.4 Å². The zero-order valence-electron chi connectivity index (χ0n) is 10.8. The van der Waals surface area contributed by atoms with Crippen molar-refractivity contribution in [2.24, 2.45) is 5.92 Å². The van der Waals surface area contributed by atoms with Gasteiger partial charge in [0.1, 0.15) is 11.4 Å². The highest BCUT2D eigenvalue weighted by atomic mass is 79.9. The van der Waals surface area contributed by atoms with Crippen LogP contribution in [-0.2, 0) is 14.3 Å². The van der Waals surface area contributed by atoms with Crippen LogP contribution in [0.1, 0.15) is 12.8 Å². The molecule has 1 aromatic carbocycles. The Morgan fingerprint density at radius 1 is 1.45 bits per heavy atom. The summed E-state index contributed by atoms with van der Waals surface area (Å²) >= 11 is 3.05. The average Bonchev–Trinajstić information content (AvgIpc) is 3.26. The number of Topliss-reactive ketones (excluding diaryl/α,β-unsaturated/α-hetero) is 1. The van der Waals surface area contributed by atoms with Gasteiger partial charge in [0.25, 0.3) is 0 Å². The Hall–Kier alpha value is -1.69. The number of ether oxygens (including phenoxy) is 1. The van der Waals surface area contributed by atoms with Crippen LogP contribution in [0.2, 0.25) is 0 Å². The number of halogens is 2. The molecule has 0 radical (unpaired) electrons. The number of anilines is 1. The van der Waals surface area contributed by atoms with Gasteiger partial charge in [0, 0.05) is 17.8 Å². The maximum atomic E-state index is 13.4. The van der Waals surface area contributed by atoms with Crippen LogP contribution in [0.4, 0.5) is 10.1 Å².